The quantitative estimate of drug-likeness (QED) is 0.554. The fraction of sp³-hybridized carbons (Fsp3) is 0.214. The molecule has 16 heavy (non-hydrogen) atoms. The third-order valence-corrected chi connectivity index (χ3v) is 1.98. The van der Waals surface area contributed by atoms with Crippen molar-refractivity contribution in [3.05, 3.63) is 35.4 Å². The second-order valence-corrected chi connectivity index (χ2v) is 3.00. The number of ether oxygens (including phenoxy) is 1. The topological polar surface area (TPSA) is 26.3 Å². The molecule has 1 rings (SSSR count). The molecule has 0 aliphatic carbocycles. The van der Waals surface area contributed by atoms with Crippen molar-refractivity contribution in [3.63, 3.8) is 0 Å². The van der Waals surface area contributed by atoms with Crippen LogP contribution in [-0.2, 0) is 11.2 Å². The Labute approximate surface area is 95.6 Å². The van der Waals surface area contributed by atoms with Gasteiger partial charge in [-0.1, -0.05) is 30.0 Å². The standard InChI is InChI=1S/C14H12O2/c1-3-4-5-6-9-12-10-7-8-11-13(12)14(15)16-2/h7-8,10-11H,9H2,1-2H3. The van der Waals surface area contributed by atoms with Crippen molar-refractivity contribution < 1.29 is 9.53 Å². The number of carbonyl (C=O) groups is 1. The predicted octanol–water partition coefficient (Wildman–Crippen LogP) is 2.04. The normalized spacial score (nSPS) is 8.12. The van der Waals surface area contributed by atoms with Crippen LogP contribution in [0.3, 0.4) is 0 Å². The molecule has 80 valence electrons. The van der Waals surface area contributed by atoms with Crippen LogP contribution in [0.5, 0.6) is 0 Å². The van der Waals surface area contributed by atoms with Crippen LogP contribution >= 0.6 is 0 Å². The Morgan fingerprint density at radius 2 is 2.06 bits per heavy atom. The van der Waals surface area contributed by atoms with Crippen LogP contribution in [0.4, 0.5) is 0 Å². The number of esters is 1. The van der Waals surface area contributed by atoms with Crippen molar-refractivity contribution in [1.29, 1.82) is 0 Å². The van der Waals surface area contributed by atoms with E-state index in [-0.39, 0.29) is 5.97 Å². The summed E-state index contributed by atoms with van der Waals surface area (Å²) in [7, 11) is 1.37. The molecule has 1 aromatic carbocycles. The average Bonchev–Trinajstić information content (AvgIpc) is 2.34. The molecule has 0 saturated heterocycles. The largest absolute Gasteiger partial charge is 0.465 e. The summed E-state index contributed by atoms with van der Waals surface area (Å²) in [5.74, 6) is 10.6. The van der Waals surface area contributed by atoms with E-state index >= 15 is 0 Å². The van der Waals surface area contributed by atoms with Crippen LogP contribution in [0.1, 0.15) is 22.8 Å². The van der Waals surface area contributed by atoms with Gasteiger partial charge in [-0.25, -0.2) is 4.79 Å². The maximum Gasteiger partial charge on any atom is 0.338 e. The van der Waals surface area contributed by atoms with E-state index in [9.17, 15) is 4.79 Å². The van der Waals surface area contributed by atoms with Gasteiger partial charge in [0.25, 0.3) is 0 Å². The van der Waals surface area contributed by atoms with Crippen molar-refractivity contribution in [2.24, 2.45) is 0 Å². The number of methoxy groups -OCH3 is 1. The molecule has 0 N–H and O–H groups in total. The van der Waals surface area contributed by atoms with Gasteiger partial charge in [-0.3, -0.25) is 0 Å². The molecule has 2 nitrogen and oxygen atoms in total. The van der Waals surface area contributed by atoms with Gasteiger partial charge < -0.3 is 4.74 Å². The first-order chi connectivity index (χ1) is 7.79. The van der Waals surface area contributed by atoms with E-state index in [2.05, 4.69) is 28.4 Å². The van der Waals surface area contributed by atoms with Gasteiger partial charge in [0.15, 0.2) is 0 Å². The van der Waals surface area contributed by atoms with Crippen LogP contribution < -0.4 is 0 Å². The van der Waals surface area contributed by atoms with Crippen LogP contribution in [0, 0.1) is 23.7 Å². The molecule has 2 heteroatoms. The number of rotatable bonds is 2. The van der Waals surface area contributed by atoms with E-state index < -0.39 is 0 Å². The maximum atomic E-state index is 11.4. The lowest BCUT2D eigenvalue weighted by Crippen LogP contribution is -2.04. The average molecular weight is 212 g/mol. The lowest BCUT2D eigenvalue weighted by Gasteiger charge is -2.03. The highest BCUT2D eigenvalue weighted by molar-refractivity contribution is 5.91. The summed E-state index contributed by atoms with van der Waals surface area (Å²) in [6, 6.07) is 7.26. The summed E-state index contributed by atoms with van der Waals surface area (Å²) in [6.07, 6.45) is 0.500. The summed E-state index contributed by atoms with van der Waals surface area (Å²) in [6.45, 7) is 1.73. The predicted molar refractivity (Wildman–Crippen MR) is 62.7 cm³/mol. The number of benzene rings is 1. The molecule has 0 fully saturated rings. The highest BCUT2D eigenvalue weighted by atomic mass is 16.5. The van der Waals surface area contributed by atoms with Crippen molar-refractivity contribution in [2.75, 3.05) is 7.11 Å². The van der Waals surface area contributed by atoms with Crippen LogP contribution in [0.15, 0.2) is 24.3 Å². The monoisotopic (exact) mass is 212 g/mol. The first kappa shape index (κ1) is 11.9. The zero-order valence-corrected chi connectivity index (χ0v) is 9.33. The van der Waals surface area contributed by atoms with Gasteiger partial charge in [0.05, 0.1) is 12.7 Å². The summed E-state index contributed by atoms with van der Waals surface area (Å²) in [4.78, 5) is 11.4. The zero-order chi connectivity index (χ0) is 11.8. The first-order valence-corrected chi connectivity index (χ1v) is 4.85. The summed E-state index contributed by atoms with van der Waals surface area (Å²) in [5.41, 5.74) is 1.42. The van der Waals surface area contributed by atoms with E-state index in [1.807, 2.05) is 12.1 Å². The Kier molecular flexibility index (Phi) is 4.70. The van der Waals surface area contributed by atoms with Gasteiger partial charge in [0.2, 0.25) is 0 Å². The second-order valence-electron chi connectivity index (χ2n) is 3.00. The molecule has 0 unspecified atom stereocenters. The number of carbonyl (C=O) groups excluding carboxylic acids is 1. The molecule has 0 aliphatic rings. The Bertz CT molecular complexity index is 493. The summed E-state index contributed by atoms with van der Waals surface area (Å²) in [5, 5.41) is 0. The third-order valence-electron chi connectivity index (χ3n) is 1.98. The van der Waals surface area contributed by atoms with Crippen LogP contribution in [0.2, 0.25) is 0 Å². The molecule has 0 saturated carbocycles. The fourth-order valence-corrected chi connectivity index (χ4v) is 1.23. The van der Waals surface area contributed by atoms with Gasteiger partial charge in [-0.15, -0.1) is 0 Å². The van der Waals surface area contributed by atoms with Crippen LogP contribution in [-0.4, -0.2) is 13.1 Å². The molecule has 0 aromatic heterocycles. The minimum atomic E-state index is -0.334. The Morgan fingerprint density at radius 3 is 2.75 bits per heavy atom. The van der Waals surface area contributed by atoms with E-state index in [0.29, 0.717) is 12.0 Å². The van der Waals surface area contributed by atoms with E-state index in [1.54, 1.807) is 19.1 Å². The lowest BCUT2D eigenvalue weighted by atomic mass is 10.1. The smallest absolute Gasteiger partial charge is 0.338 e. The van der Waals surface area contributed by atoms with Crippen molar-refractivity contribution in [1.82, 2.24) is 0 Å². The highest BCUT2D eigenvalue weighted by Crippen LogP contribution is 2.10. The Balaban J connectivity index is 2.91. The van der Waals surface area contributed by atoms with Gasteiger partial charge in [-0.05, 0) is 30.4 Å². The molecule has 1 aromatic rings. The molecule has 0 aliphatic heterocycles. The SMILES string of the molecule is CC#CC#CCc1ccccc1C(=O)OC. The summed E-state index contributed by atoms with van der Waals surface area (Å²) < 4.78 is 4.69. The maximum absolute atomic E-state index is 11.4. The molecule has 0 amide bonds. The fourth-order valence-electron chi connectivity index (χ4n) is 1.23. The molecule has 0 atom stereocenters. The van der Waals surface area contributed by atoms with Crippen LogP contribution in [0.25, 0.3) is 0 Å². The molecule has 0 bridgehead atoms. The van der Waals surface area contributed by atoms with E-state index in [1.165, 1.54) is 7.11 Å². The van der Waals surface area contributed by atoms with Crippen molar-refractivity contribution >= 4 is 5.97 Å². The molecular weight excluding hydrogens is 200 g/mol. The van der Waals surface area contributed by atoms with E-state index in [0.717, 1.165) is 5.56 Å². The molecule has 0 heterocycles. The lowest BCUT2D eigenvalue weighted by molar-refractivity contribution is 0.0599. The van der Waals surface area contributed by atoms with E-state index in [4.69, 9.17) is 0 Å². The van der Waals surface area contributed by atoms with Crippen molar-refractivity contribution in [3.8, 4) is 23.7 Å². The van der Waals surface area contributed by atoms with Gasteiger partial charge in [-0.2, -0.15) is 0 Å². The molecular formula is C14H12O2. The van der Waals surface area contributed by atoms with Gasteiger partial charge in [0.1, 0.15) is 0 Å². The molecule has 0 spiro atoms. The molecule has 0 radical (unpaired) electrons. The minimum absolute atomic E-state index is 0.334. The second kappa shape index (κ2) is 6.32. The number of hydrogen-bond acceptors (Lipinski definition) is 2. The first-order valence-electron chi connectivity index (χ1n) is 4.85. The third kappa shape index (κ3) is 3.19. The number of hydrogen-bond donors (Lipinski definition) is 0. The minimum Gasteiger partial charge on any atom is -0.465 e. The highest BCUT2D eigenvalue weighted by Gasteiger charge is 2.09. The Hall–Kier alpha value is -2.19. The van der Waals surface area contributed by atoms with Gasteiger partial charge >= 0.3 is 5.97 Å². The summed E-state index contributed by atoms with van der Waals surface area (Å²) >= 11 is 0. The zero-order valence-electron chi connectivity index (χ0n) is 9.33. The Morgan fingerprint density at radius 1 is 1.31 bits per heavy atom. The van der Waals surface area contributed by atoms with Crippen molar-refractivity contribution in [2.45, 2.75) is 13.3 Å². The van der Waals surface area contributed by atoms with Gasteiger partial charge in [0, 0.05) is 6.42 Å².